The van der Waals surface area contributed by atoms with E-state index >= 15 is 4.39 Å². The Labute approximate surface area is 218 Å². The highest BCUT2D eigenvalue weighted by atomic mass is 19.4. The molecule has 6 heteroatoms. The molecule has 38 heavy (non-hydrogen) atoms. The Bertz CT molecular complexity index is 1510. The molecular weight excluding hydrogens is 495 g/mol. The first-order valence-corrected chi connectivity index (χ1v) is 12.2. The predicted molar refractivity (Wildman–Crippen MR) is 140 cm³/mol. The number of aryl methyl sites for hydroxylation is 3. The molecule has 0 N–H and O–H groups in total. The minimum absolute atomic E-state index is 0.253. The summed E-state index contributed by atoms with van der Waals surface area (Å²) in [5, 5.41) is 1.15. The molecule has 0 radical (unpaired) electrons. The first kappa shape index (κ1) is 26.9. The van der Waals surface area contributed by atoms with E-state index in [4.69, 9.17) is 0 Å². The fourth-order valence-electron chi connectivity index (χ4n) is 4.11. The zero-order valence-electron chi connectivity index (χ0n) is 20.7. The molecule has 0 heterocycles. The summed E-state index contributed by atoms with van der Waals surface area (Å²) in [6, 6.07) is 20.1. The SMILES string of the molecule is C/C=C/CCc1ccc(C#Cc2ccc3c(F)c(CCc4ccc(OC(F)(F)F)c(F)c4)ccc3c2)cc1. The van der Waals surface area contributed by atoms with Crippen LogP contribution in [0.5, 0.6) is 5.75 Å². The van der Waals surface area contributed by atoms with Crippen LogP contribution >= 0.6 is 0 Å². The molecule has 4 aromatic rings. The lowest BCUT2D eigenvalue weighted by Gasteiger charge is -2.11. The topological polar surface area (TPSA) is 9.23 Å². The number of halogens is 5. The van der Waals surface area contributed by atoms with Crippen molar-refractivity contribution in [2.24, 2.45) is 0 Å². The quantitative estimate of drug-likeness (QED) is 0.135. The highest BCUT2D eigenvalue weighted by molar-refractivity contribution is 5.85. The highest BCUT2D eigenvalue weighted by Gasteiger charge is 2.32. The number of benzene rings is 4. The summed E-state index contributed by atoms with van der Waals surface area (Å²) < 4.78 is 69.8. The minimum Gasteiger partial charge on any atom is -0.403 e. The molecule has 4 aromatic carbocycles. The van der Waals surface area contributed by atoms with E-state index in [1.54, 1.807) is 24.3 Å². The third kappa shape index (κ3) is 7.23. The van der Waals surface area contributed by atoms with Gasteiger partial charge in [0.05, 0.1) is 0 Å². The van der Waals surface area contributed by atoms with Crippen molar-refractivity contribution in [2.75, 3.05) is 0 Å². The van der Waals surface area contributed by atoms with Gasteiger partial charge < -0.3 is 4.74 Å². The van der Waals surface area contributed by atoms with E-state index in [0.29, 0.717) is 21.9 Å². The summed E-state index contributed by atoms with van der Waals surface area (Å²) >= 11 is 0. The van der Waals surface area contributed by atoms with Crippen molar-refractivity contribution in [3.8, 4) is 17.6 Å². The van der Waals surface area contributed by atoms with Crippen LogP contribution in [-0.4, -0.2) is 6.36 Å². The first-order chi connectivity index (χ1) is 18.2. The van der Waals surface area contributed by atoms with Crippen molar-refractivity contribution in [2.45, 2.75) is 39.0 Å². The van der Waals surface area contributed by atoms with Crippen LogP contribution in [-0.2, 0) is 19.3 Å². The van der Waals surface area contributed by atoms with Crippen LogP contribution in [0.25, 0.3) is 10.8 Å². The molecule has 194 valence electrons. The molecule has 0 fully saturated rings. The van der Waals surface area contributed by atoms with Gasteiger partial charge in [-0.05, 0) is 91.1 Å². The smallest absolute Gasteiger partial charge is 0.403 e. The van der Waals surface area contributed by atoms with E-state index in [-0.39, 0.29) is 18.7 Å². The van der Waals surface area contributed by atoms with Gasteiger partial charge >= 0.3 is 6.36 Å². The largest absolute Gasteiger partial charge is 0.573 e. The molecule has 0 aliphatic heterocycles. The van der Waals surface area contributed by atoms with Gasteiger partial charge in [0.25, 0.3) is 0 Å². The Morgan fingerprint density at radius 2 is 1.47 bits per heavy atom. The van der Waals surface area contributed by atoms with Crippen LogP contribution in [0.2, 0.25) is 0 Å². The molecule has 0 saturated heterocycles. The summed E-state index contributed by atoms with van der Waals surface area (Å²) in [6.07, 6.45) is 1.70. The molecule has 0 aliphatic carbocycles. The standard InChI is InChI=1S/C32H25F5O/c1-2-3-4-5-22-6-8-23(9-7-22)10-11-24-13-18-28-27(20-24)17-16-26(31(28)34)15-12-25-14-19-30(29(33)21-25)38-32(35,36)37/h2-3,6-9,13-14,16-21H,4-5,12,15H2,1H3/b3-2+. The second-order valence-corrected chi connectivity index (χ2v) is 8.84. The van der Waals surface area contributed by atoms with Crippen LogP contribution in [0.4, 0.5) is 22.0 Å². The lowest BCUT2D eigenvalue weighted by molar-refractivity contribution is -0.275. The number of rotatable bonds is 7. The van der Waals surface area contributed by atoms with Crippen molar-refractivity contribution in [3.63, 3.8) is 0 Å². The summed E-state index contributed by atoms with van der Waals surface area (Å²) in [7, 11) is 0. The van der Waals surface area contributed by atoms with Gasteiger partial charge in [-0.2, -0.15) is 0 Å². The van der Waals surface area contributed by atoms with Gasteiger partial charge in [-0.25, -0.2) is 8.78 Å². The number of fused-ring (bicyclic) bond motifs is 1. The van der Waals surface area contributed by atoms with Crippen LogP contribution in [0.1, 0.15) is 41.2 Å². The number of hydrogen-bond donors (Lipinski definition) is 0. The Morgan fingerprint density at radius 3 is 2.18 bits per heavy atom. The lowest BCUT2D eigenvalue weighted by atomic mass is 9.99. The molecule has 4 rings (SSSR count). The van der Waals surface area contributed by atoms with Gasteiger partial charge in [-0.15, -0.1) is 13.2 Å². The predicted octanol–water partition coefficient (Wildman–Crippen LogP) is 8.71. The average molecular weight is 521 g/mol. The van der Waals surface area contributed by atoms with Crippen molar-refractivity contribution in [3.05, 3.63) is 124 Å². The lowest BCUT2D eigenvalue weighted by Crippen LogP contribution is -2.18. The molecule has 0 aromatic heterocycles. The second kappa shape index (κ2) is 12.0. The number of ether oxygens (including phenoxy) is 1. The van der Waals surface area contributed by atoms with Gasteiger partial charge in [-0.3, -0.25) is 0 Å². The number of hydrogen-bond acceptors (Lipinski definition) is 1. The molecule has 0 amide bonds. The molecule has 0 saturated carbocycles. The fourth-order valence-corrected chi connectivity index (χ4v) is 4.11. The maximum atomic E-state index is 15.2. The zero-order chi connectivity index (χ0) is 27.1. The Kier molecular flexibility index (Phi) is 8.48. The molecule has 0 bridgehead atoms. The van der Waals surface area contributed by atoms with Crippen molar-refractivity contribution in [1.82, 2.24) is 0 Å². The van der Waals surface area contributed by atoms with E-state index in [1.807, 2.05) is 31.2 Å². The summed E-state index contributed by atoms with van der Waals surface area (Å²) in [5.74, 6) is 3.88. The van der Waals surface area contributed by atoms with Crippen LogP contribution in [0.15, 0.2) is 84.9 Å². The molecule has 1 nitrogen and oxygen atoms in total. The normalized spacial score (nSPS) is 11.5. The van der Waals surface area contributed by atoms with E-state index in [0.717, 1.165) is 36.1 Å². The van der Waals surface area contributed by atoms with Gasteiger partial charge in [0.1, 0.15) is 5.82 Å². The van der Waals surface area contributed by atoms with E-state index in [9.17, 15) is 17.6 Å². The van der Waals surface area contributed by atoms with Gasteiger partial charge in [0, 0.05) is 16.5 Å². The van der Waals surface area contributed by atoms with Gasteiger partial charge in [0.2, 0.25) is 0 Å². The van der Waals surface area contributed by atoms with Crippen LogP contribution in [0.3, 0.4) is 0 Å². The third-order valence-corrected chi connectivity index (χ3v) is 6.08. The van der Waals surface area contributed by atoms with E-state index < -0.39 is 17.9 Å². The molecule has 0 atom stereocenters. The molecular formula is C32H25F5O. The number of alkyl halides is 3. The van der Waals surface area contributed by atoms with Crippen molar-refractivity contribution in [1.29, 1.82) is 0 Å². The van der Waals surface area contributed by atoms with E-state index in [2.05, 4.69) is 34.8 Å². The van der Waals surface area contributed by atoms with Gasteiger partial charge in [-0.1, -0.05) is 60.4 Å². The third-order valence-electron chi connectivity index (χ3n) is 6.08. The maximum Gasteiger partial charge on any atom is 0.573 e. The monoisotopic (exact) mass is 520 g/mol. The molecule has 0 spiro atoms. The van der Waals surface area contributed by atoms with Crippen molar-refractivity contribution < 1.29 is 26.7 Å². The molecule has 0 aliphatic rings. The first-order valence-electron chi connectivity index (χ1n) is 12.2. The fraction of sp³-hybridized carbons (Fsp3) is 0.188. The Morgan fingerprint density at radius 1 is 0.763 bits per heavy atom. The minimum atomic E-state index is -4.97. The number of allylic oxidation sites excluding steroid dienone is 2. The average Bonchev–Trinajstić information content (AvgIpc) is 2.89. The highest BCUT2D eigenvalue weighted by Crippen LogP contribution is 2.27. The molecule has 0 unspecified atom stereocenters. The maximum absolute atomic E-state index is 15.2. The van der Waals surface area contributed by atoms with Crippen LogP contribution in [0, 0.1) is 23.5 Å². The van der Waals surface area contributed by atoms with Gasteiger partial charge in [0.15, 0.2) is 11.6 Å². The Hall–Kier alpha value is -4.11. The summed E-state index contributed by atoms with van der Waals surface area (Å²) in [5.41, 5.74) is 3.78. The van der Waals surface area contributed by atoms with Crippen LogP contribution < -0.4 is 4.74 Å². The van der Waals surface area contributed by atoms with Crippen molar-refractivity contribution >= 4 is 10.8 Å². The zero-order valence-corrected chi connectivity index (χ0v) is 20.7. The summed E-state index contributed by atoms with van der Waals surface area (Å²) in [6.45, 7) is 2.01. The summed E-state index contributed by atoms with van der Waals surface area (Å²) in [4.78, 5) is 0. The Balaban J connectivity index is 1.43. The van der Waals surface area contributed by atoms with E-state index in [1.165, 1.54) is 11.6 Å². The second-order valence-electron chi connectivity index (χ2n) is 8.84.